The highest BCUT2D eigenvalue weighted by Gasteiger charge is 2.28. The van der Waals surface area contributed by atoms with Crippen LogP contribution in [0.2, 0.25) is 0 Å². The lowest BCUT2D eigenvalue weighted by Gasteiger charge is -2.26. The quantitative estimate of drug-likeness (QED) is 0.661. The van der Waals surface area contributed by atoms with Gasteiger partial charge in [0.15, 0.2) is 0 Å². The molecule has 3 rings (SSSR count). The van der Waals surface area contributed by atoms with E-state index in [0.29, 0.717) is 16.3 Å². The molecule has 0 spiro atoms. The summed E-state index contributed by atoms with van der Waals surface area (Å²) >= 11 is 1.34. The molecule has 8 heteroatoms. The number of fused-ring (bicyclic) bond motifs is 1. The van der Waals surface area contributed by atoms with Crippen LogP contribution in [0.3, 0.4) is 0 Å². The lowest BCUT2D eigenvalue weighted by atomic mass is 10.1. The van der Waals surface area contributed by atoms with Crippen molar-refractivity contribution in [3.05, 3.63) is 40.8 Å². The number of rotatable bonds is 6. The van der Waals surface area contributed by atoms with Crippen molar-refractivity contribution in [2.75, 3.05) is 22.6 Å². The van der Waals surface area contributed by atoms with Crippen molar-refractivity contribution in [2.45, 2.75) is 32.7 Å². The van der Waals surface area contributed by atoms with E-state index in [-0.39, 0.29) is 24.8 Å². The number of esters is 1. The zero-order valence-electron chi connectivity index (χ0n) is 15.1. The van der Waals surface area contributed by atoms with Gasteiger partial charge in [0.25, 0.3) is 0 Å². The predicted molar refractivity (Wildman–Crippen MR) is 105 cm³/mol. The molecule has 2 aromatic rings. The van der Waals surface area contributed by atoms with Gasteiger partial charge < -0.3 is 20.7 Å². The van der Waals surface area contributed by atoms with Crippen LogP contribution in [0.25, 0.3) is 0 Å². The average Bonchev–Trinajstić information content (AvgIpc) is 3.05. The minimum atomic E-state index is -0.684. The van der Waals surface area contributed by atoms with Crippen molar-refractivity contribution >= 4 is 45.5 Å². The fraction of sp³-hybridized carbons (Fsp3) is 0.316. The van der Waals surface area contributed by atoms with E-state index in [1.165, 1.54) is 11.3 Å². The van der Waals surface area contributed by atoms with Crippen molar-refractivity contribution in [2.24, 2.45) is 0 Å². The first-order chi connectivity index (χ1) is 13.0. The minimum absolute atomic E-state index is 0.0538. The van der Waals surface area contributed by atoms with E-state index in [2.05, 4.69) is 16.0 Å². The molecular weight excluding hydrogens is 366 g/mol. The average molecular weight is 387 g/mol. The Hall–Kier alpha value is -2.87. The molecule has 0 unspecified atom stereocenters. The molecule has 27 heavy (non-hydrogen) atoms. The maximum absolute atomic E-state index is 12.5. The van der Waals surface area contributed by atoms with E-state index >= 15 is 0 Å². The number of nitrogens with one attached hydrogen (secondary N) is 3. The molecule has 2 heterocycles. The molecule has 0 fully saturated rings. The van der Waals surface area contributed by atoms with E-state index in [4.69, 9.17) is 4.74 Å². The van der Waals surface area contributed by atoms with E-state index in [1.807, 2.05) is 25.1 Å². The van der Waals surface area contributed by atoms with Gasteiger partial charge in [0.2, 0.25) is 11.8 Å². The van der Waals surface area contributed by atoms with E-state index in [0.717, 1.165) is 17.0 Å². The first kappa shape index (κ1) is 18.9. The van der Waals surface area contributed by atoms with Crippen molar-refractivity contribution in [3.8, 4) is 0 Å². The third-order valence-electron chi connectivity index (χ3n) is 4.10. The summed E-state index contributed by atoms with van der Waals surface area (Å²) in [5, 5.41) is 9.07. The lowest BCUT2D eigenvalue weighted by molar-refractivity contribution is -0.122. The summed E-state index contributed by atoms with van der Waals surface area (Å²) in [4.78, 5) is 37.8. The fourth-order valence-electron chi connectivity index (χ4n) is 2.77. The highest BCUT2D eigenvalue weighted by molar-refractivity contribution is 7.16. The Balaban J connectivity index is 1.70. The van der Waals surface area contributed by atoms with Gasteiger partial charge in [-0.3, -0.25) is 9.59 Å². The number of hydrogen-bond donors (Lipinski definition) is 3. The van der Waals surface area contributed by atoms with Crippen LogP contribution in [0.5, 0.6) is 0 Å². The third-order valence-corrected chi connectivity index (χ3v) is 5.30. The summed E-state index contributed by atoms with van der Waals surface area (Å²) in [7, 11) is 0. The fourth-order valence-corrected chi connectivity index (χ4v) is 3.77. The number of anilines is 3. The highest BCUT2D eigenvalue weighted by Crippen LogP contribution is 2.30. The van der Waals surface area contributed by atoms with Gasteiger partial charge in [-0.15, -0.1) is 11.3 Å². The Labute approximate surface area is 161 Å². The Morgan fingerprint density at radius 3 is 2.67 bits per heavy atom. The number of hydrogen-bond acceptors (Lipinski definition) is 6. The summed E-state index contributed by atoms with van der Waals surface area (Å²) in [6.45, 7) is 3.96. The van der Waals surface area contributed by atoms with Crippen LogP contribution in [0.15, 0.2) is 30.3 Å². The zero-order valence-corrected chi connectivity index (χ0v) is 15.9. The number of ether oxygens (including phenoxy) is 1. The Kier molecular flexibility index (Phi) is 5.75. The van der Waals surface area contributed by atoms with Crippen molar-refractivity contribution in [1.82, 2.24) is 0 Å². The van der Waals surface area contributed by atoms with Gasteiger partial charge in [-0.2, -0.15) is 0 Å². The molecule has 1 aromatic heterocycles. The van der Waals surface area contributed by atoms with Crippen LogP contribution >= 0.6 is 11.3 Å². The number of benzene rings is 1. The molecule has 0 radical (unpaired) electrons. The summed E-state index contributed by atoms with van der Waals surface area (Å²) in [6, 6.07) is 8.36. The van der Waals surface area contributed by atoms with Gasteiger partial charge in [0.05, 0.1) is 30.0 Å². The van der Waals surface area contributed by atoms with Gasteiger partial charge in [-0.25, -0.2) is 4.79 Å². The van der Waals surface area contributed by atoms with Crippen molar-refractivity contribution in [1.29, 1.82) is 0 Å². The predicted octanol–water partition coefficient (Wildman–Crippen LogP) is 3.25. The first-order valence-corrected chi connectivity index (χ1v) is 9.59. The number of amides is 2. The molecule has 0 bridgehead atoms. The molecule has 3 N–H and O–H groups in total. The van der Waals surface area contributed by atoms with Gasteiger partial charge in [-0.05, 0) is 31.5 Å². The number of carbonyl (C=O) groups excluding carboxylic acids is 3. The number of carbonyl (C=O) groups is 3. The van der Waals surface area contributed by atoms with Crippen molar-refractivity contribution in [3.63, 3.8) is 0 Å². The van der Waals surface area contributed by atoms with Gasteiger partial charge in [0.1, 0.15) is 11.0 Å². The summed E-state index contributed by atoms with van der Waals surface area (Å²) < 4.78 is 5.05. The number of thiophene rings is 1. The number of aryl methyl sites for hydroxylation is 1. The Morgan fingerprint density at radius 1 is 1.22 bits per heavy atom. The molecule has 0 saturated carbocycles. The second kappa shape index (κ2) is 8.22. The molecular formula is C19H21N3O4S. The standard InChI is InChI=1S/C19H21N3O4S/c1-3-11-9-12(19(25)26-4-2)18(27-11)22-16(23)10-15-17(24)21-14-8-6-5-7-13(14)20-15/h5-9,15,20H,3-4,10H2,1-2H3,(H,21,24)(H,22,23)/t15-/m1/s1. The second-order valence-electron chi connectivity index (χ2n) is 6.01. The smallest absolute Gasteiger partial charge is 0.341 e. The maximum Gasteiger partial charge on any atom is 0.341 e. The highest BCUT2D eigenvalue weighted by atomic mass is 32.1. The van der Waals surface area contributed by atoms with E-state index in [9.17, 15) is 14.4 Å². The molecule has 1 aliphatic rings. The van der Waals surface area contributed by atoms with E-state index < -0.39 is 12.0 Å². The third kappa shape index (κ3) is 4.28. The maximum atomic E-state index is 12.5. The molecule has 2 amide bonds. The van der Waals surface area contributed by atoms with Crippen LogP contribution < -0.4 is 16.0 Å². The van der Waals surface area contributed by atoms with Crippen LogP contribution in [0.1, 0.15) is 35.5 Å². The topological polar surface area (TPSA) is 96.5 Å². The molecule has 7 nitrogen and oxygen atoms in total. The van der Waals surface area contributed by atoms with Gasteiger partial charge >= 0.3 is 5.97 Å². The lowest BCUT2D eigenvalue weighted by Crippen LogP contribution is -2.41. The SMILES string of the molecule is CCOC(=O)c1cc(CC)sc1NC(=O)C[C@H]1Nc2ccccc2NC1=O. The first-order valence-electron chi connectivity index (χ1n) is 8.78. The van der Waals surface area contributed by atoms with Crippen molar-refractivity contribution < 1.29 is 19.1 Å². The second-order valence-corrected chi connectivity index (χ2v) is 7.15. The van der Waals surface area contributed by atoms with Crippen LogP contribution in [0, 0.1) is 0 Å². The van der Waals surface area contributed by atoms with E-state index in [1.54, 1.807) is 19.1 Å². The minimum Gasteiger partial charge on any atom is -0.462 e. The number of para-hydroxylation sites is 2. The Morgan fingerprint density at radius 2 is 1.96 bits per heavy atom. The van der Waals surface area contributed by atoms with Crippen LogP contribution in [-0.4, -0.2) is 30.4 Å². The summed E-state index contributed by atoms with van der Waals surface area (Å²) in [5.41, 5.74) is 1.81. The largest absolute Gasteiger partial charge is 0.462 e. The summed E-state index contributed by atoms with van der Waals surface area (Å²) in [6.07, 6.45) is 0.693. The molecule has 142 valence electrons. The molecule has 1 atom stereocenters. The zero-order chi connectivity index (χ0) is 19.4. The molecule has 1 aromatic carbocycles. The monoisotopic (exact) mass is 387 g/mol. The van der Waals surface area contributed by atoms with Crippen LogP contribution in [-0.2, 0) is 20.7 Å². The van der Waals surface area contributed by atoms with Gasteiger partial charge in [0, 0.05) is 4.88 Å². The Bertz CT molecular complexity index is 878. The normalized spacial score (nSPS) is 15.3. The van der Waals surface area contributed by atoms with Crippen LogP contribution in [0.4, 0.5) is 16.4 Å². The summed E-state index contributed by atoms with van der Waals surface area (Å²) in [5.74, 6) is -1.09. The molecule has 0 aliphatic carbocycles. The molecule has 1 aliphatic heterocycles. The molecule has 0 saturated heterocycles. The van der Waals surface area contributed by atoms with Gasteiger partial charge in [-0.1, -0.05) is 19.1 Å².